The van der Waals surface area contributed by atoms with Crippen molar-refractivity contribution in [3.05, 3.63) is 28.8 Å². The number of amides is 1. The van der Waals surface area contributed by atoms with Gasteiger partial charge in [-0.25, -0.2) is 8.42 Å². The van der Waals surface area contributed by atoms with Crippen molar-refractivity contribution < 1.29 is 13.2 Å². The van der Waals surface area contributed by atoms with E-state index in [2.05, 4.69) is 0 Å². The molecule has 1 aliphatic heterocycles. The lowest BCUT2D eigenvalue weighted by atomic mass is 10.1. The minimum absolute atomic E-state index is 0.00131. The Balaban J connectivity index is 2.20. The fourth-order valence-electron chi connectivity index (χ4n) is 1.80. The number of carbonyl (C=O) groups is 1. The van der Waals surface area contributed by atoms with Crippen LogP contribution in [0.15, 0.2) is 18.2 Å². The number of nitrogens with zero attached hydrogens (tertiary/aromatic N) is 1. The van der Waals surface area contributed by atoms with Crippen LogP contribution >= 0.6 is 11.6 Å². The Morgan fingerprint density at radius 1 is 1.28 bits per heavy atom. The quantitative estimate of drug-likeness (QED) is 0.775. The molecule has 0 atom stereocenters. The van der Waals surface area contributed by atoms with Crippen molar-refractivity contribution in [2.75, 3.05) is 30.3 Å². The number of anilines is 1. The molecule has 0 aromatic heterocycles. The predicted octanol–water partition coefficient (Wildman–Crippen LogP) is 0.793. The summed E-state index contributed by atoms with van der Waals surface area (Å²) in [6.07, 6.45) is 0. The van der Waals surface area contributed by atoms with Gasteiger partial charge < -0.3 is 10.6 Å². The van der Waals surface area contributed by atoms with E-state index in [0.29, 0.717) is 11.3 Å². The number of hydrogen-bond acceptors (Lipinski definition) is 4. The van der Waals surface area contributed by atoms with Crippen LogP contribution in [0.25, 0.3) is 0 Å². The summed E-state index contributed by atoms with van der Waals surface area (Å²) in [5, 5.41) is 0.218. The number of carbonyl (C=O) groups excluding carboxylic acids is 1. The average Bonchev–Trinajstić information content (AvgIpc) is 2.32. The van der Waals surface area contributed by atoms with Gasteiger partial charge in [-0.05, 0) is 12.1 Å². The highest BCUT2D eigenvalue weighted by Gasteiger charge is 2.26. The second-order valence-corrected chi connectivity index (χ2v) is 6.83. The van der Waals surface area contributed by atoms with Crippen LogP contribution in [0, 0.1) is 0 Å². The van der Waals surface area contributed by atoms with E-state index in [1.54, 1.807) is 18.2 Å². The van der Waals surface area contributed by atoms with Gasteiger partial charge in [0.15, 0.2) is 9.84 Å². The molecule has 1 heterocycles. The highest BCUT2D eigenvalue weighted by molar-refractivity contribution is 7.91. The minimum Gasteiger partial charge on any atom is -0.398 e. The first-order valence-corrected chi connectivity index (χ1v) is 7.64. The molecule has 0 saturated carbocycles. The molecule has 7 heteroatoms. The van der Waals surface area contributed by atoms with Crippen LogP contribution in [0.3, 0.4) is 0 Å². The summed E-state index contributed by atoms with van der Waals surface area (Å²) in [7, 11) is -3.00. The molecular weight excluding hydrogens is 276 g/mol. The van der Waals surface area contributed by atoms with Gasteiger partial charge >= 0.3 is 0 Å². The van der Waals surface area contributed by atoms with Gasteiger partial charge in [0.05, 0.1) is 27.8 Å². The van der Waals surface area contributed by atoms with Gasteiger partial charge in [0.2, 0.25) is 0 Å². The lowest BCUT2D eigenvalue weighted by Crippen LogP contribution is -2.43. The lowest BCUT2D eigenvalue weighted by molar-refractivity contribution is 0.0770. The summed E-state index contributed by atoms with van der Waals surface area (Å²) >= 11 is 5.97. The van der Waals surface area contributed by atoms with E-state index in [9.17, 15) is 13.2 Å². The van der Waals surface area contributed by atoms with Crippen LogP contribution in [0.2, 0.25) is 5.02 Å². The predicted molar refractivity (Wildman–Crippen MR) is 70.4 cm³/mol. The van der Waals surface area contributed by atoms with Crippen molar-refractivity contribution >= 4 is 33.0 Å². The van der Waals surface area contributed by atoms with Crippen molar-refractivity contribution in [1.82, 2.24) is 4.90 Å². The molecule has 2 N–H and O–H groups in total. The van der Waals surface area contributed by atoms with Crippen LogP contribution in [0.4, 0.5) is 5.69 Å². The van der Waals surface area contributed by atoms with Crippen molar-refractivity contribution in [1.29, 1.82) is 0 Å². The van der Waals surface area contributed by atoms with E-state index in [1.807, 2.05) is 0 Å². The van der Waals surface area contributed by atoms with Crippen LogP contribution < -0.4 is 5.73 Å². The van der Waals surface area contributed by atoms with Crippen molar-refractivity contribution in [3.63, 3.8) is 0 Å². The number of nitrogens with two attached hydrogens (primary N) is 1. The summed E-state index contributed by atoms with van der Waals surface area (Å²) in [5.74, 6) is -0.278. The fourth-order valence-corrected chi connectivity index (χ4v) is 3.21. The molecule has 0 aliphatic carbocycles. The van der Waals surface area contributed by atoms with E-state index >= 15 is 0 Å². The maximum atomic E-state index is 12.2. The SMILES string of the molecule is Nc1cccc(C(=O)N2CCS(=O)(=O)CC2)c1Cl. The van der Waals surface area contributed by atoms with Gasteiger partial charge in [-0.1, -0.05) is 17.7 Å². The first kappa shape index (κ1) is 13.2. The van der Waals surface area contributed by atoms with Crippen LogP contribution in [-0.2, 0) is 9.84 Å². The molecule has 1 aromatic carbocycles. The third-order valence-corrected chi connectivity index (χ3v) is 4.92. The number of rotatable bonds is 1. The van der Waals surface area contributed by atoms with Gasteiger partial charge in [-0.15, -0.1) is 0 Å². The lowest BCUT2D eigenvalue weighted by Gasteiger charge is -2.27. The molecule has 0 radical (unpaired) electrons. The van der Waals surface area contributed by atoms with E-state index in [-0.39, 0.29) is 35.5 Å². The molecule has 1 saturated heterocycles. The van der Waals surface area contributed by atoms with E-state index in [0.717, 1.165) is 0 Å². The number of nitrogen functional groups attached to an aromatic ring is 1. The monoisotopic (exact) mass is 288 g/mol. The average molecular weight is 289 g/mol. The molecule has 18 heavy (non-hydrogen) atoms. The molecule has 0 bridgehead atoms. The maximum Gasteiger partial charge on any atom is 0.255 e. The van der Waals surface area contributed by atoms with Crippen molar-refractivity contribution in [2.45, 2.75) is 0 Å². The number of benzene rings is 1. The Kier molecular flexibility index (Phi) is 3.49. The van der Waals surface area contributed by atoms with E-state index < -0.39 is 9.84 Å². The molecule has 98 valence electrons. The van der Waals surface area contributed by atoms with Gasteiger partial charge in [-0.2, -0.15) is 0 Å². The second-order valence-electron chi connectivity index (χ2n) is 4.15. The molecular formula is C11H13ClN2O3S. The van der Waals surface area contributed by atoms with Crippen molar-refractivity contribution in [2.24, 2.45) is 0 Å². The van der Waals surface area contributed by atoms with Gasteiger partial charge in [0.1, 0.15) is 0 Å². The zero-order chi connectivity index (χ0) is 13.3. The van der Waals surface area contributed by atoms with Crippen molar-refractivity contribution in [3.8, 4) is 0 Å². The molecule has 1 aromatic rings. The molecule has 0 unspecified atom stereocenters. The Labute approximate surface area is 110 Å². The molecule has 0 spiro atoms. The smallest absolute Gasteiger partial charge is 0.255 e. The number of hydrogen-bond donors (Lipinski definition) is 1. The Morgan fingerprint density at radius 3 is 2.50 bits per heavy atom. The minimum atomic E-state index is -3.00. The van der Waals surface area contributed by atoms with E-state index in [4.69, 9.17) is 17.3 Å². The van der Waals surface area contributed by atoms with Crippen LogP contribution in [0.5, 0.6) is 0 Å². The Hall–Kier alpha value is -1.27. The zero-order valence-electron chi connectivity index (χ0n) is 9.60. The summed E-state index contributed by atoms with van der Waals surface area (Å²) < 4.78 is 22.6. The molecule has 1 fully saturated rings. The van der Waals surface area contributed by atoms with E-state index in [1.165, 1.54) is 4.90 Å². The summed E-state index contributed by atoms with van der Waals surface area (Å²) in [5.41, 5.74) is 6.29. The first-order valence-electron chi connectivity index (χ1n) is 5.44. The molecule has 2 rings (SSSR count). The normalized spacial score (nSPS) is 18.6. The third kappa shape index (κ3) is 2.59. The largest absolute Gasteiger partial charge is 0.398 e. The second kappa shape index (κ2) is 4.78. The number of halogens is 1. The third-order valence-electron chi connectivity index (χ3n) is 2.89. The highest BCUT2D eigenvalue weighted by atomic mass is 35.5. The maximum absolute atomic E-state index is 12.2. The van der Waals surface area contributed by atoms with Gasteiger partial charge in [-0.3, -0.25) is 4.79 Å². The van der Waals surface area contributed by atoms with Gasteiger partial charge in [0.25, 0.3) is 5.91 Å². The first-order chi connectivity index (χ1) is 8.41. The Morgan fingerprint density at radius 2 is 1.89 bits per heavy atom. The summed E-state index contributed by atoms with van der Waals surface area (Å²) in [6, 6.07) is 4.85. The summed E-state index contributed by atoms with van der Waals surface area (Å²) in [4.78, 5) is 13.7. The Bertz CT molecular complexity index is 572. The standard InChI is InChI=1S/C11H13ClN2O3S/c12-10-8(2-1-3-9(10)13)11(15)14-4-6-18(16,17)7-5-14/h1-3H,4-7,13H2. The van der Waals surface area contributed by atoms with Crippen LogP contribution in [0.1, 0.15) is 10.4 Å². The molecule has 1 amide bonds. The zero-order valence-corrected chi connectivity index (χ0v) is 11.2. The number of sulfone groups is 1. The molecule has 5 nitrogen and oxygen atoms in total. The molecule has 1 aliphatic rings. The van der Waals surface area contributed by atoms with Crippen LogP contribution in [-0.4, -0.2) is 43.8 Å². The topological polar surface area (TPSA) is 80.5 Å². The fraction of sp³-hybridized carbons (Fsp3) is 0.364. The summed E-state index contributed by atoms with van der Waals surface area (Å²) in [6.45, 7) is 0.401. The van der Waals surface area contributed by atoms with Gasteiger partial charge in [0, 0.05) is 13.1 Å². The highest BCUT2D eigenvalue weighted by Crippen LogP contribution is 2.24.